The van der Waals surface area contributed by atoms with E-state index in [1.807, 2.05) is 0 Å². The van der Waals surface area contributed by atoms with E-state index in [4.69, 9.17) is 7.48 Å². The third-order valence-electron chi connectivity index (χ3n) is 0. The molecule has 0 aliphatic carbocycles. The molecule has 2 nitrogen and oxygen atoms in total. The topological polar surface area (TPSA) is 34.1 Å². The van der Waals surface area contributed by atoms with E-state index in [9.17, 15) is 0 Å². The maximum atomic E-state index is 8.28. The van der Waals surface area contributed by atoms with Crippen LogP contribution in [0.2, 0.25) is 0 Å². The normalized spacial score (nSPS) is 1.50. The van der Waals surface area contributed by atoms with Crippen molar-refractivity contribution in [3.8, 4) is 0 Å². The van der Waals surface area contributed by atoms with E-state index < -0.39 is 0 Å². The van der Waals surface area contributed by atoms with Crippen molar-refractivity contribution in [1.29, 1.82) is 0 Å². The van der Waals surface area contributed by atoms with Gasteiger partial charge in [0.15, 0.2) is 0 Å². The molecule has 0 heterocycles. The fraction of sp³-hybridized carbons (Fsp3) is 0. The summed E-state index contributed by atoms with van der Waals surface area (Å²) in [4.78, 5) is 0. The first kappa shape index (κ1) is 8.83. The Morgan fingerprint density at radius 3 is 1.25 bits per heavy atom. The maximum absolute atomic E-state index is 8.28. The minimum absolute atomic E-state index is 0.611. The van der Waals surface area contributed by atoms with Gasteiger partial charge < -0.3 is 0 Å². The Hall–Kier alpha value is 0.717. The van der Waals surface area contributed by atoms with Crippen LogP contribution in [-0.4, -0.2) is 16.2 Å². The molecule has 0 saturated carbocycles. The molecule has 0 aliphatic heterocycles. The second kappa shape index (κ2) is 53.4. The van der Waals surface area contributed by atoms with Gasteiger partial charge in [0.2, 0.25) is 0 Å². The molecule has 4 heavy (non-hydrogen) atoms. The molecule has 0 amide bonds. The van der Waals surface area contributed by atoms with Crippen molar-refractivity contribution >= 4 is 16.2 Å². The summed E-state index contributed by atoms with van der Waals surface area (Å²) in [7, 11) is 0. The molecule has 0 atom stereocenters. The van der Waals surface area contributed by atoms with Crippen molar-refractivity contribution in [2.45, 2.75) is 0 Å². The zero-order valence-electron chi connectivity index (χ0n) is 1.97. The Morgan fingerprint density at radius 2 is 1.25 bits per heavy atom. The van der Waals surface area contributed by atoms with E-state index in [1.54, 1.807) is 0 Å². The molecule has 0 N–H and O–H groups in total. The summed E-state index contributed by atoms with van der Waals surface area (Å²) in [5.74, 6) is 0. The molecule has 0 bridgehead atoms. The zero-order chi connectivity index (χ0) is 4.00. The van der Waals surface area contributed by atoms with Crippen LogP contribution in [0.15, 0.2) is 0 Å². The van der Waals surface area contributed by atoms with Gasteiger partial charge >= 0.3 is 41.1 Å². The van der Waals surface area contributed by atoms with Gasteiger partial charge in [0.25, 0.3) is 0 Å². The second-order valence-electron chi connectivity index (χ2n) is 0. The average molecular weight is 111 g/mol. The third-order valence-corrected chi connectivity index (χ3v) is 0. The molecule has 0 aromatic carbocycles. The Bertz CT molecular complexity index is 8.00. The summed E-state index contributed by atoms with van der Waals surface area (Å²) in [5, 5.41) is 0. The molecule has 0 rings (SSSR count). The molecular weight excluding hydrogens is 110 g/mol. The van der Waals surface area contributed by atoms with Gasteiger partial charge in [0, 0.05) is 0 Å². The fourth-order valence-electron chi connectivity index (χ4n) is 0. The minimum atomic E-state index is 0.611. The molecule has 0 saturated heterocycles. The first-order valence-electron chi connectivity index (χ1n) is 0.471. The fourth-order valence-corrected chi connectivity index (χ4v) is 0. The predicted octanol–water partition coefficient (Wildman–Crippen LogP) is -0.889. The number of hydrogen-bond acceptors (Lipinski definition) is 2. The quantitative estimate of drug-likeness (QED) is 0.380. The molecular formula is HAlO2V. The standard InChI is InChI=1S/Al.2O.V.H. The van der Waals surface area contributed by atoms with E-state index in [1.165, 1.54) is 0 Å². The van der Waals surface area contributed by atoms with Gasteiger partial charge in [-0.3, -0.25) is 0 Å². The van der Waals surface area contributed by atoms with Crippen molar-refractivity contribution in [3.05, 3.63) is 0 Å². The van der Waals surface area contributed by atoms with Crippen molar-refractivity contribution in [2.24, 2.45) is 0 Å². The van der Waals surface area contributed by atoms with Crippen LogP contribution in [0.5, 0.6) is 0 Å². The molecule has 0 radical (unpaired) electrons. The first-order valence-corrected chi connectivity index (χ1v) is 1.62. The van der Waals surface area contributed by atoms with Gasteiger partial charge in [0.1, 0.15) is 0 Å². The summed E-state index contributed by atoms with van der Waals surface area (Å²) in [6.45, 7) is 0. The SMILES string of the molecule is [O]=[AlH].[O]=[V]. The number of hydrogen-bond donors (Lipinski definition) is 0. The van der Waals surface area contributed by atoms with Crippen LogP contribution < -0.4 is 0 Å². The summed E-state index contributed by atoms with van der Waals surface area (Å²) >= 11 is 1.67. The molecule has 0 spiro atoms. The molecule has 0 aliphatic rings. The van der Waals surface area contributed by atoms with E-state index in [0.29, 0.717) is 16.2 Å². The first-order chi connectivity index (χ1) is 2.00. The monoisotopic (exact) mass is 111 g/mol. The third kappa shape index (κ3) is 15.6. The predicted molar refractivity (Wildman–Crippen MR) is 8.52 cm³/mol. The Labute approximate surface area is 41.4 Å². The van der Waals surface area contributed by atoms with E-state index in [-0.39, 0.29) is 0 Å². The summed E-state index contributed by atoms with van der Waals surface area (Å²) < 4.78 is 16.5. The Kier molecular flexibility index (Phi) is 118. The Morgan fingerprint density at radius 1 is 1.25 bits per heavy atom. The van der Waals surface area contributed by atoms with Crippen LogP contribution in [0.4, 0.5) is 0 Å². The van der Waals surface area contributed by atoms with Crippen molar-refractivity contribution in [2.75, 3.05) is 0 Å². The van der Waals surface area contributed by atoms with Crippen LogP contribution in [-0.2, 0) is 24.8 Å². The van der Waals surface area contributed by atoms with Crippen molar-refractivity contribution < 1.29 is 24.8 Å². The molecule has 0 unspecified atom stereocenters. The molecule has 0 fully saturated rings. The molecule has 0 aromatic heterocycles. The van der Waals surface area contributed by atoms with Gasteiger partial charge in [-0.1, -0.05) is 0 Å². The van der Waals surface area contributed by atoms with Crippen LogP contribution in [0.3, 0.4) is 0 Å². The summed E-state index contributed by atoms with van der Waals surface area (Å²) in [5.41, 5.74) is 0. The van der Waals surface area contributed by atoms with E-state index >= 15 is 0 Å². The second-order valence-corrected chi connectivity index (χ2v) is 0. The van der Waals surface area contributed by atoms with Crippen molar-refractivity contribution in [1.82, 2.24) is 0 Å². The van der Waals surface area contributed by atoms with Gasteiger partial charge in [0.05, 0.1) is 0 Å². The van der Waals surface area contributed by atoms with Gasteiger partial charge in [-0.05, 0) is 0 Å². The Balaban J connectivity index is 0. The van der Waals surface area contributed by atoms with Crippen LogP contribution in [0.25, 0.3) is 0 Å². The average Bonchev–Trinajstić information content (AvgIpc) is 1.50. The summed E-state index contributed by atoms with van der Waals surface area (Å²) in [6, 6.07) is 0. The summed E-state index contributed by atoms with van der Waals surface area (Å²) in [6.07, 6.45) is 0. The van der Waals surface area contributed by atoms with Crippen LogP contribution in [0.1, 0.15) is 0 Å². The van der Waals surface area contributed by atoms with Gasteiger partial charge in [-0.15, -0.1) is 0 Å². The van der Waals surface area contributed by atoms with Crippen LogP contribution in [0, 0.1) is 0 Å². The van der Waals surface area contributed by atoms with E-state index in [0.717, 1.165) is 17.4 Å². The van der Waals surface area contributed by atoms with Gasteiger partial charge in [-0.25, -0.2) is 0 Å². The van der Waals surface area contributed by atoms with Crippen molar-refractivity contribution in [3.63, 3.8) is 0 Å². The molecule has 4 heteroatoms. The molecule has 21 valence electrons. The molecule has 0 aromatic rings. The number of rotatable bonds is 0. The zero-order valence-corrected chi connectivity index (χ0v) is 4.78. The van der Waals surface area contributed by atoms with Crippen LogP contribution >= 0.6 is 0 Å². The van der Waals surface area contributed by atoms with Gasteiger partial charge in [-0.2, -0.15) is 0 Å². The van der Waals surface area contributed by atoms with E-state index in [2.05, 4.69) is 0 Å².